The highest BCUT2D eigenvalue weighted by Gasteiger charge is 2.19. The summed E-state index contributed by atoms with van der Waals surface area (Å²) < 4.78 is 3.30. The van der Waals surface area contributed by atoms with Crippen LogP contribution >= 0.6 is 11.8 Å². The van der Waals surface area contributed by atoms with Crippen LogP contribution in [0.4, 0.5) is 5.82 Å². The van der Waals surface area contributed by atoms with Crippen LogP contribution in [0.1, 0.15) is 25.7 Å². The minimum absolute atomic E-state index is 0.130. The standard InChI is InChI=1S/C24H28N8O2S/c1-35-24-28-21(30-11-5-2-6-12-30)18-15-27-32(22(18)29-24)14-10-25-20(33)9-13-31-16-26-19-8-4-3-7-17(19)23(31)34/h3-4,7-8,15-16H,2,5-6,9-14H2,1H3,(H,25,33). The van der Waals surface area contributed by atoms with E-state index in [1.54, 1.807) is 12.1 Å². The Morgan fingerprint density at radius 3 is 2.74 bits per heavy atom. The van der Waals surface area contributed by atoms with Crippen LogP contribution in [0, 0.1) is 0 Å². The monoisotopic (exact) mass is 492 g/mol. The first kappa shape index (κ1) is 23.3. The number of aryl methyl sites for hydroxylation is 1. The second-order valence-corrected chi connectivity index (χ2v) is 9.32. The molecule has 10 nitrogen and oxygen atoms in total. The van der Waals surface area contributed by atoms with Gasteiger partial charge < -0.3 is 10.2 Å². The van der Waals surface area contributed by atoms with Crippen LogP contribution in [0.25, 0.3) is 21.9 Å². The molecule has 0 atom stereocenters. The number of rotatable bonds is 8. The Bertz CT molecular complexity index is 1410. The summed E-state index contributed by atoms with van der Waals surface area (Å²) in [4.78, 5) is 41.1. The number of carbonyl (C=O) groups is 1. The highest BCUT2D eigenvalue weighted by Crippen LogP contribution is 2.28. The first-order valence-corrected chi connectivity index (χ1v) is 13.1. The largest absolute Gasteiger partial charge is 0.356 e. The maximum Gasteiger partial charge on any atom is 0.261 e. The number of piperidine rings is 1. The van der Waals surface area contributed by atoms with Gasteiger partial charge in [-0.3, -0.25) is 14.2 Å². The number of thioether (sulfide) groups is 1. The van der Waals surface area contributed by atoms with E-state index in [2.05, 4.69) is 25.3 Å². The van der Waals surface area contributed by atoms with Crippen molar-refractivity contribution in [3.05, 3.63) is 47.1 Å². The molecule has 0 spiro atoms. The minimum atomic E-state index is -0.139. The highest BCUT2D eigenvalue weighted by atomic mass is 32.2. The molecule has 0 bridgehead atoms. The average Bonchev–Trinajstić information content (AvgIpc) is 3.31. The number of fused-ring (bicyclic) bond motifs is 2. The lowest BCUT2D eigenvalue weighted by molar-refractivity contribution is -0.121. The zero-order valence-corrected chi connectivity index (χ0v) is 20.5. The Morgan fingerprint density at radius 2 is 1.91 bits per heavy atom. The van der Waals surface area contributed by atoms with Gasteiger partial charge in [0.1, 0.15) is 5.82 Å². The number of benzene rings is 1. The van der Waals surface area contributed by atoms with Crippen LogP contribution in [0.15, 0.2) is 46.7 Å². The van der Waals surface area contributed by atoms with E-state index >= 15 is 0 Å². The van der Waals surface area contributed by atoms with Gasteiger partial charge in [-0.25, -0.2) is 19.6 Å². The molecule has 1 amide bonds. The van der Waals surface area contributed by atoms with Gasteiger partial charge in [0.05, 0.1) is 35.4 Å². The van der Waals surface area contributed by atoms with Crippen molar-refractivity contribution in [1.82, 2.24) is 34.6 Å². The molecule has 0 radical (unpaired) electrons. The Balaban J connectivity index is 1.22. The van der Waals surface area contributed by atoms with Crippen LogP contribution in [-0.2, 0) is 17.9 Å². The summed E-state index contributed by atoms with van der Waals surface area (Å²) in [6.45, 7) is 3.18. The molecule has 0 saturated carbocycles. The first-order valence-electron chi connectivity index (χ1n) is 11.9. The van der Waals surface area contributed by atoms with Gasteiger partial charge in [0.25, 0.3) is 5.56 Å². The smallest absolute Gasteiger partial charge is 0.261 e. The molecule has 1 saturated heterocycles. The number of anilines is 1. The molecular formula is C24H28N8O2S. The summed E-state index contributed by atoms with van der Waals surface area (Å²) in [5, 5.41) is 9.67. The summed E-state index contributed by atoms with van der Waals surface area (Å²) >= 11 is 1.52. The van der Waals surface area contributed by atoms with Crippen molar-refractivity contribution in [3.8, 4) is 0 Å². The quantitative estimate of drug-likeness (QED) is 0.295. The summed E-state index contributed by atoms with van der Waals surface area (Å²) in [5.41, 5.74) is 1.30. The van der Waals surface area contributed by atoms with E-state index in [1.165, 1.54) is 41.9 Å². The molecule has 35 heavy (non-hydrogen) atoms. The van der Waals surface area contributed by atoms with E-state index in [0.717, 1.165) is 35.1 Å². The second-order valence-electron chi connectivity index (χ2n) is 8.55. The molecule has 3 aromatic heterocycles. The lowest BCUT2D eigenvalue weighted by Gasteiger charge is -2.28. The van der Waals surface area contributed by atoms with Crippen molar-refractivity contribution in [3.63, 3.8) is 0 Å². The lowest BCUT2D eigenvalue weighted by atomic mass is 10.1. The van der Waals surface area contributed by atoms with Crippen molar-refractivity contribution in [1.29, 1.82) is 0 Å². The van der Waals surface area contributed by atoms with Gasteiger partial charge in [0.15, 0.2) is 10.8 Å². The zero-order chi connectivity index (χ0) is 24.2. The molecule has 1 aromatic carbocycles. The SMILES string of the molecule is CSc1nc(N2CCCCC2)c2cnn(CCNC(=O)CCn3cnc4ccccc4c3=O)c2n1. The van der Waals surface area contributed by atoms with Crippen LogP contribution in [0.5, 0.6) is 0 Å². The molecule has 1 aliphatic rings. The third-order valence-corrected chi connectivity index (χ3v) is 6.80. The maximum absolute atomic E-state index is 12.6. The van der Waals surface area contributed by atoms with Gasteiger partial charge in [-0.15, -0.1) is 0 Å². The van der Waals surface area contributed by atoms with Crippen molar-refractivity contribution in [2.75, 3.05) is 30.8 Å². The van der Waals surface area contributed by atoms with E-state index in [0.29, 0.717) is 24.0 Å². The summed E-state index contributed by atoms with van der Waals surface area (Å²) in [7, 11) is 0. The summed E-state index contributed by atoms with van der Waals surface area (Å²) in [6, 6.07) is 7.20. The van der Waals surface area contributed by atoms with Crippen LogP contribution < -0.4 is 15.8 Å². The maximum atomic E-state index is 12.6. The number of hydrogen-bond donors (Lipinski definition) is 1. The highest BCUT2D eigenvalue weighted by molar-refractivity contribution is 7.98. The third kappa shape index (κ3) is 5.00. The van der Waals surface area contributed by atoms with Crippen LogP contribution in [0.2, 0.25) is 0 Å². The Labute approximate surface area is 206 Å². The fourth-order valence-corrected chi connectivity index (χ4v) is 4.76. The molecular weight excluding hydrogens is 464 g/mol. The van der Waals surface area contributed by atoms with Gasteiger partial charge in [0, 0.05) is 32.6 Å². The van der Waals surface area contributed by atoms with E-state index in [9.17, 15) is 9.59 Å². The Kier molecular flexibility index (Phi) is 6.94. The topological polar surface area (TPSA) is 111 Å². The molecule has 4 aromatic rings. The fourth-order valence-electron chi connectivity index (χ4n) is 4.40. The number of aromatic nitrogens is 6. The molecule has 0 aliphatic carbocycles. The third-order valence-electron chi connectivity index (χ3n) is 6.25. The number of hydrogen-bond acceptors (Lipinski definition) is 8. The molecule has 1 aliphatic heterocycles. The van der Waals surface area contributed by atoms with Crippen molar-refractivity contribution < 1.29 is 4.79 Å². The van der Waals surface area contributed by atoms with Crippen molar-refractivity contribution in [2.45, 2.75) is 43.9 Å². The van der Waals surface area contributed by atoms with Crippen LogP contribution in [0.3, 0.4) is 0 Å². The van der Waals surface area contributed by atoms with E-state index in [1.807, 2.05) is 29.3 Å². The van der Waals surface area contributed by atoms with E-state index in [4.69, 9.17) is 4.98 Å². The molecule has 1 N–H and O–H groups in total. The molecule has 0 unspecified atom stereocenters. The van der Waals surface area contributed by atoms with Gasteiger partial charge in [0.2, 0.25) is 5.91 Å². The number of nitrogens with one attached hydrogen (secondary N) is 1. The Morgan fingerprint density at radius 1 is 1.09 bits per heavy atom. The molecule has 1 fully saturated rings. The molecule has 4 heterocycles. The summed E-state index contributed by atoms with van der Waals surface area (Å²) in [6.07, 6.45) is 9.08. The number of amides is 1. The number of carbonyl (C=O) groups excluding carboxylic acids is 1. The molecule has 5 rings (SSSR count). The Hall–Kier alpha value is -3.47. The zero-order valence-electron chi connectivity index (χ0n) is 19.7. The van der Waals surface area contributed by atoms with Gasteiger partial charge in [-0.1, -0.05) is 23.9 Å². The molecule has 182 valence electrons. The minimum Gasteiger partial charge on any atom is -0.356 e. The van der Waals surface area contributed by atoms with Crippen LogP contribution in [-0.4, -0.2) is 61.1 Å². The van der Waals surface area contributed by atoms with Crippen molar-refractivity contribution >= 4 is 45.4 Å². The normalized spacial score (nSPS) is 14.0. The predicted molar refractivity (Wildman–Crippen MR) is 137 cm³/mol. The average molecular weight is 493 g/mol. The van der Waals surface area contributed by atoms with Gasteiger partial charge in [-0.2, -0.15) is 5.10 Å². The van der Waals surface area contributed by atoms with E-state index < -0.39 is 0 Å². The fraction of sp³-hybridized carbons (Fsp3) is 0.417. The van der Waals surface area contributed by atoms with E-state index in [-0.39, 0.29) is 24.4 Å². The van der Waals surface area contributed by atoms with Gasteiger partial charge >= 0.3 is 0 Å². The first-order chi connectivity index (χ1) is 17.1. The summed E-state index contributed by atoms with van der Waals surface area (Å²) in [5.74, 6) is 0.818. The predicted octanol–water partition coefficient (Wildman–Crippen LogP) is 2.45. The number of nitrogens with zero attached hydrogens (tertiary/aromatic N) is 7. The molecule has 11 heteroatoms. The second kappa shape index (κ2) is 10.4. The lowest BCUT2D eigenvalue weighted by Crippen LogP contribution is -2.31. The van der Waals surface area contributed by atoms with Crippen molar-refractivity contribution in [2.24, 2.45) is 0 Å². The van der Waals surface area contributed by atoms with Gasteiger partial charge in [-0.05, 0) is 37.7 Å². The number of para-hydroxylation sites is 1.